The van der Waals surface area contributed by atoms with Crippen molar-refractivity contribution in [3.63, 3.8) is 0 Å². The SMILES string of the molecule is NCCCc1nc2cc(Cl)ccc2c(=O)[nH]1. The first-order chi connectivity index (χ1) is 7.70. The number of fused-ring (bicyclic) bond motifs is 1. The van der Waals surface area contributed by atoms with Gasteiger partial charge >= 0.3 is 0 Å². The number of halogens is 1. The van der Waals surface area contributed by atoms with Crippen LogP contribution in [0.15, 0.2) is 23.0 Å². The molecule has 0 aliphatic rings. The zero-order valence-corrected chi connectivity index (χ0v) is 9.42. The highest BCUT2D eigenvalue weighted by Crippen LogP contribution is 2.14. The van der Waals surface area contributed by atoms with Crippen LogP contribution < -0.4 is 11.3 Å². The number of aromatic nitrogens is 2. The summed E-state index contributed by atoms with van der Waals surface area (Å²) in [5.41, 5.74) is 5.91. The lowest BCUT2D eigenvalue weighted by atomic mass is 10.2. The molecule has 5 heteroatoms. The summed E-state index contributed by atoms with van der Waals surface area (Å²) in [4.78, 5) is 18.8. The van der Waals surface area contributed by atoms with Gasteiger partial charge in [-0.3, -0.25) is 4.79 Å². The smallest absolute Gasteiger partial charge is 0.258 e. The number of nitrogens with two attached hydrogens (primary N) is 1. The molecule has 2 aromatic rings. The third-order valence-corrected chi connectivity index (χ3v) is 2.57. The van der Waals surface area contributed by atoms with E-state index in [0.29, 0.717) is 34.7 Å². The molecule has 0 saturated carbocycles. The Hall–Kier alpha value is -1.39. The summed E-state index contributed by atoms with van der Waals surface area (Å²) < 4.78 is 0. The van der Waals surface area contributed by atoms with Gasteiger partial charge in [0.05, 0.1) is 10.9 Å². The summed E-state index contributed by atoms with van der Waals surface area (Å²) in [5, 5.41) is 1.14. The van der Waals surface area contributed by atoms with Crippen molar-refractivity contribution in [2.45, 2.75) is 12.8 Å². The second-order valence-electron chi connectivity index (χ2n) is 3.57. The Morgan fingerprint density at radius 2 is 2.25 bits per heavy atom. The molecule has 0 saturated heterocycles. The predicted octanol–water partition coefficient (Wildman–Crippen LogP) is 1.47. The third-order valence-electron chi connectivity index (χ3n) is 2.34. The molecule has 0 aliphatic carbocycles. The van der Waals surface area contributed by atoms with Gasteiger partial charge in [0.25, 0.3) is 5.56 Å². The Morgan fingerprint density at radius 1 is 1.44 bits per heavy atom. The van der Waals surface area contributed by atoms with Crippen molar-refractivity contribution in [3.05, 3.63) is 39.4 Å². The van der Waals surface area contributed by atoms with Crippen molar-refractivity contribution in [2.24, 2.45) is 5.73 Å². The summed E-state index contributed by atoms with van der Waals surface area (Å²) in [5.74, 6) is 0.658. The first-order valence-electron chi connectivity index (χ1n) is 5.09. The Morgan fingerprint density at radius 3 is 3.00 bits per heavy atom. The van der Waals surface area contributed by atoms with Gasteiger partial charge in [-0.25, -0.2) is 4.98 Å². The van der Waals surface area contributed by atoms with Gasteiger partial charge < -0.3 is 10.7 Å². The number of rotatable bonds is 3. The molecule has 0 aliphatic heterocycles. The minimum Gasteiger partial charge on any atom is -0.330 e. The molecule has 2 rings (SSSR count). The number of hydrogen-bond donors (Lipinski definition) is 2. The zero-order chi connectivity index (χ0) is 11.5. The third kappa shape index (κ3) is 2.23. The Labute approximate surface area is 97.5 Å². The van der Waals surface area contributed by atoms with Crippen LogP contribution in [0.3, 0.4) is 0 Å². The van der Waals surface area contributed by atoms with E-state index >= 15 is 0 Å². The summed E-state index contributed by atoms with van der Waals surface area (Å²) in [6, 6.07) is 5.05. The average Bonchev–Trinajstić information content (AvgIpc) is 2.25. The van der Waals surface area contributed by atoms with E-state index in [2.05, 4.69) is 9.97 Å². The average molecular weight is 238 g/mol. The summed E-state index contributed by atoms with van der Waals surface area (Å²) in [6.07, 6.45) is 1.48. The van der Waals surface area contributed by atoms with Crippen LogP contribution in [-0.2, 0) is 6.42 Å². The van der Waals surface area contributed by atoms with Gasteiger partial charge in [-0.1, -0.05) is 11.6 Å². The van der Waals surface area contributed by atoms with Crippen LogP contribution in [0.25, 0.3) is 10.9 Å². The van der Waals surface area contributed by atoms with Gasteiger partial charge in [-0.2, -0.15) is 0 Å². The Bertz CT molecular complexity index is 565. The van der Waals surface area contributed by atoms with E-state index in [1.165, 1.54) is 0 Å². The van der Waals surface area contributed by atoms with E-state index in [1.54, 1.807) is 18.2 Å². The molecule has 0 radical (unpaired) electrons. The molecule has 1 aromatic carbocycles. The Balaban J connectivity index is 2.52. The first-order valence-corrected chi connectivity index (χ1v) is 5.47. The molecule has 1 heterocycles. The zero-order valence-electron chi connectivity index (χ0n) is 8.66. The second kappa shape index (κ2) is 4.63. The maximum atomic E-state index is 11.7. The number of nitrogens with one attached hydrogen (secondary N) is 1. The highest BCUT2D eigenvalue weighted by atomic mass is 35.5. The molecule has 0 unspecified atom stereocenters. The van der Waals surface area contributed by atoms with E-state index in [-0.39, 0.29) is 5.56 Å². The van der Waals surface area contributed by atoms with E-state index in [4.69, 9.17) is 17.3 Å². The minimum atomic E-state index is -0.131. The van der Waals surface area contributed by atoms with Crippen LogP contribution in [0.5, 0.6) is 0 Å². The molecule has 0 bridgehead atoms. The van der Waals surface area contributed by atoms with Crippen LogP contribution in [0.4, 0.5) is 0 Å². The summed E-state index contributed by atoms with van der Waals surface area (Å²) in [6.45, 7) is 0.581. The second-order valence-corrected chi connectivity index (χ2v) is 4.00. The molecular formula is C11H12ClN3O. The number of aryl methyl sites for hydroxylation is 1. The van der Waals surface area contributed by atoms with Crippen molar-refractivity contribution in [3.8, 4) is 0 Å². The lowest BCUT2D eigenvalue weighted by Crippen LogP contribution is -2.13. The molecule has 0 atom stereocenters. The molecule has 0 spiro atoms. The first kappa shape index (κ1) is 11.1. The van der Waals surface area contributed by atoms with Gasteiger partial charge in [-0.05, 0) is 31.2 Å². The lowest BCUT2D eigenvalue weighted by molar-refractivity contribution is 0.782. The standard InChI is InChI=1S/C11H12ClN3O/c12-7-3-4-8-9(6-7)14-10(2-1-5-13)15-11(8)16/h3-4,6H,1-2,5,13H2,(H,14,15,16). The van der Waals surface area contributed by atoms with Crippen molar-refractivity contribution < 1.29 is 0 Å². The van der Waals surface area contributed by atoms with Gasteiger partial charge in [0.15, 0.2) is 0 Å². The quantitative estimate of drug-likeness (QED) is 0.849. The maximum absolute atomic E-state index is 11.7. The summed E-state index contributed by atoms with van der Waals surface area (Å²) >= 11 is 5.86. The molecule has 4 nitrogen and oxygen atoms in total. The van der Waals surface area contributed by atoms with Gasteiger partial charge in [-0.15, -0.1) is 0 Å². The number of nitrogens with zero attached hydrogens (tertiary/aromatic N) is 1. The molecule has 1 aromatic heterocycles. The van der Waals surface area contributed by atoms with Gasteiger partial charge in [0.2, 0.25) is 0 Å². The fraction of sp³-hybridized carbons (Fsp3) is 0.273. The van der Waals surface area contributed by atoms with E-state index in [1.807, 2.05) is 0 Å². The molecule has 0 fully saturated rings. The fourth-order valence-electron chi connectivity index (χ4n) is 1.55. The number of benzene rings is 1. The van der Waals surface area contributed by atoms with Crippen LogP contribution in [-0.4, -0.2) is 16.5 Å². The fourth-order valence-corrected chi connectivity index (χ4v) is 1.72. The van der Waals surface area contributed by atoms with Crippen molar-refractivity contribution >= 4 is 22.5 Å². The number of aromatic amines is 1. The lowest BCUT2D eigenvalue weighted by Gasteiger charge is -2.02. The van der Waals surface area contributed by atoms with E-state index < -0.39 is 0 Å². The predicted molar refractivity (Wildman–Crippen MR) is 64.7 cm³/mol. The van der Waals surface area contributed by atoms with Crippen LogP contribution in [0.1, 0.15) is 12.2 Å². The van der Waals surface area contributed by atoms with Crippen LogP contribution >= 0.6 is 11.6 Å². The largest absolute Gasteiger partial charge is 0.330 e. The highest BCUT2D eigenvalue weighted by molar-refractivity contribution is 6.31. The van der Waals surface area contributed by atoms with Gasteiger partial charge in [0.1, 0.15) is 5.82 Å². The topological polar surface area (TPSA) is 71.8 Å². The molecule has 0 amide bonds. The molecule has 3 N–H and O–H groups in total. The minimum absolute atomic E-state index is 0.131. The van der Waals surface area contributed by atoms with E-state index in [9.17, 15) is 4.79 Å². The van der Waals surface area contributed by atoms with Crippen molar-refractivity contribution in [1.29, 1.82) is 0 Å². The van der Waals surface area contributed by atoms with Crippen molar-refractivity contribution in [2.75, 3.05) is 6.54 Å². The number of hydrogen-bond acceptors (Lipinski definition) is 3. The van der Waals surface area contributed by atoms with Gasteiger partial charge in [0, 0.05) is 11.4 Å². The maximum Gasteiger partial charge on any atom is 0.258 e. The normalized spacial score (nSPS) is 10.9. The highest BCUT2D eigenvalue weighted by Gasteiger charge is 2.03. The van der Waals surface area contributed by atoms with Crippen LogP contribution in [0.2, 0.25) is 5.02 Å². The number of H-pyrrole nitrogens is 1. The van der Waals surface area contributed by atoms with Crippen LogP contribution in [0, 0.1) is 0 Å². The summed E-state index contributed by atoms with van der Waals surface area (Å²) in [7, 11) is 0. The molecular weight excluding hydrogens is 226 g/mol. The monoisotopic (exact) mass is 237 g/mol. The molecule has 16 heavy (non-hydrogen) atoms. The van der Waals surface area contributed by atoms with E-state index in [0.717, 1.165) is 6.42 Å². The van der Waals surface area contributed by atoms with Crippen molar-refractivity contribution in [1.82, 2.24) is 9.97 Å². The Kier molecular flexibility index (Phi) is 3.22. The molecule has 84 valence electrons.